The Bertz CT molecular complexity index is 931. The molecule has 2 heterocycles. The molecule has 0 N–H and O–H groups in total. The molecule has 0 radical (unpaired) electrons. The maximum Gasteiger partial charge on any atom is 0.262 e. The number of nitrogens with zero attached hydrogens (tertiary/aromatic N) is 3. The summed E-state index contributed by atoms with van der Waals surface area (Å²) in [5, 5.41) is 9.62. The fraction of sp³-hybridized carbons (Fsp3) is 0.188. The van der Waals surface area contributed by atoms with Gasteiger partial charge in [0.15, 0.2) is 0 Å². The summed E-state index contributed by atoms with van der Waals surface area (Å²) in [7, 11) is 0. The highest BCUT2D eigenvalue weighted by atomic mass is 32.1. The summed E-state index contributed by atoms with van der Waals surface area (Å²) >= 11 is 1.53. The normalized spacial score (nSPS) is 10.7. The summed E-state index contributed by atoms with van der Waals surface area (Å²) in [5.41, 5.74) is 1.50. The molecule has 3 rings (SSSR count). The van der Waals surface area contributed by atoms with E-state index in [1.807, 2.05) is 32.0 Å². The quantitative estimate of drug-likeness (QED) is 0.730. The molecule has 0 atom stereocenters. The molecule has 104 valence electrons. The molecular formula is C16H13N3OS. The first kappa shape index (κ1) is 13.5. The van der Waals surface area contributed by atoms with Crippen LogP contribution < -0.4 is 5.56 Å². The molecule has 0 aliphatic heterocycles. The van der Waals surface area contributed by atoms with Crippen molar-refractivity contribution in [3.63, 3.8) is 0 Å². The Morgan fingerprint density at radius 3 is 2.90 bits per heavy atom. The lowest BCUT2D eigenvalue weighted by atomic mass is 10.1. The van der Waals surface area contributed by atoms with E-state index in [2.05, 4.69) is 11.1 Å². The van der Waals surface area contributed by atoms with E-state index in [0.29, 0.717) is 23.3 Å². The van der Waals surface area contributed by atoms with E-state index in [9.17, 15) is 4.79 Å². The lowest BCUT2D eigenvalue weighted by Gasteiger charge is -2.09. The average molecular weight is 295 g/mol. The van der Waals surface area contributed by atoms with E-state index < -0.39 is 0 Å². The number of aryl methyl sites for hydroxylation is 2. The molecular weight excluding hydrogens is 282 g/mol. The summed E-state index contributed by atoms with van der Waals surface area (Å²) in [5.74, 6) is 0.691. The molecule has 4 nitrogen and oxygen atoms in total. The molecule has 0 fully saturated rings. The van der Waals surface area contributed by atoms with Crippen molar-refractivity contribution in [1.29, 1.82) is 5.26 Å². The van der Waals surface area contributed by atoms with Gasteiger partial charge < -0.3 is 0 Å². The number of fused-ring (bicyclic) bond motifs is 1. The largest absolute Gasteiger partial charge is 0.292 e. The van der Waals surface area contributed by atoms with Gasteiger partial charge in [-0.2, -0.15) is 5.26 Å². The van der Waals surface area contributed by atoms with Crippen LogP contribution in [0.5, 0.6) is 0 Å². The van der Waals surface area contributed by atoms with Crippen LogP contribution in [0.1, 0.15) is 21.8 Å². The lowest BCUT2D eigenvalue weighted by molar-refractivity contribution is 0.713. The lowest BCUT2D eigenvalue weighted by Crippen LogP contribution is -2.23. The first-order valence-electron chi connectivity index (χ1n) is 6.55. The molecule has 0 aliphatic carbocycles. The van der Waals surface area contributed by atoms with Gasteiger partial charge in [-0.15, -0.1) is 11.3 Å². The second-order valence-corrected chi connectivity index (χ2v) is 6.17. The molecule has 0 saturated carbocycles. The van der Waals surface area contributed by atoms with Crippen LogP contribution in [-0.2, 0) is 6.54 Å². The molecule has 0 spiro atoms. The van der Waals surface area contributed by atoms with Crippen molar-refractivity contribution in [3.05, 3.63) is 62.5 Å². The zero-order chi connectivity index (χ0) is 15.0. The fourth-order valence-corrected chi connectivity index (χ4v) is 3.26. The molecule has 2 aromatic heterocycles. The van der Waals surface area contributed by atoms with Gasteiger partial charge in [0.25, 0.3) is 5.56 Å². The second kappa shape index (κ2) is 5.15. The molecule has 1 aromatic carbocycles. The van der Waals surface area contributed by atoms with Crippen molar-refractivity contribution in [1.82, 2.24) is 9.55 Å². The third kappa shape index (κ3) is 2.46. The van der Waals surface area contributed by atoms with Crippen molar-refractivity contribution in [3.8, 4) is 6.07 Å². The second-order valence-electron chi connectivity index (χ2n) is 4.94. The van der Waals surface area contributed by atoms with Crippen LogP contribution in [-0.4, -0.2) is 9.55 Å². The Kier molecular flexibility index (Phi) is 3.32. The van der Waals surface area contributed by atoms with E-state index in [4.69, 9.17) is 5.26 Å². The van der Waals surface area contributed by atoms with Gasteiger partial charge in [0.05, 0.1) is 23.6 Å². The third-order valence-corrected chi connectivity index (χ3v) is 4.31. The van der Waals surface area contributed by atoms with Crippen molar-refractivity contribution in [2.24, 2.45) is 0 Å². The minimum Gasteiger partial charge on any atom is -0.292 e. The first-order valence-corrected chi connectivity index (χ1v) is 7.37. The predicted octanol–water partition coefficient (Wildman–Crippen LogP) is 2.99. The summed E-state index contributed by atoms with van der Waals surface area (Å²) in [4.78, 5) is 19.0. The fourth-order valence-electron chi connectivity index (χ4n) is 2.35. The molecule has 21 heavy (non-hydrogen) atoms. The zero-order valence-electron chi connectivity index (χ0n) is 11.8. The topological polar surface area (TPSA) is 58.7 Å². The summed E-state index contributed by atoms with van der Waals surface area (Å²) in [6.07, 6.45) is 0. The van der Waals surface area contributed by atoms with E-state index in [0.717, 1.165) is 15.3 Å². The molecule has 0 bridgehead atoms. The highest BCUT2D eigenvalue weighted by Crippen LogP contribution is 2.20. The number of thiophene rings is 1. The Morgan fingerprint density at radius 2 is 2.14 bits per heavy atom. The first-order chi connectivity index (χ1) is 10.1. The van der Waals surface area contributed by atoms with Gasteiger partial charge in [-0.25, -0.2) is 4.98 Å². The van der Waals surface area contributed by atoms with Gasteiger partial charge >= 0.3 is 0 Å². The standard InChI is InChI=1S/C16H13N3OS/c1-10-6-14-15(21-10)18-11(2)19(16(14)20)9-13-5-3-4-12(7-13)8-17/h3-7H,9H2,1-2H3. The minimum atomic E-state index is -0.0239. The molecule has 0 aliphatic rings. The van der Waals surface area contributed by atoms with Gasteiger partial charge in [0.2, 0.25) is 0 Å². The van der Waals surface area contributed by atoms with Gasteiger partial charge in [0.1, 0.15) is 10.7 Å². The summed E-state index contributed by atoms with van der Waals surface area (Å²) in [6, 6.07) is 11.3. The third-order valence-electron chi connectivity index (χ3n) is 3.36. The van der Waals surface area contributed by atoms with E-state index >= 15 is 0 Å². The van der Waals surface area contributed by atoms with E-state index in [1.54, 1.807) is 16.7 Å². The van der Waals surface area contributed by atoms with Crippen LogP contribution >= 0.6 is 11.3 Å². The highest BCUT2D eigenvalue weighted by Gasteiger charge is 2.11. The summed E-state index contributed by atoms with van der Waals surface area (Å²) in [6.45, 7) is 4.24. The Hall–Kier alpha value is -2.45. The van der Waals surface area contributed by atoms with Gasteiger partial charge in [-0.1, -0.05) is 12.1 Å². The molecule has 5 heteroatoms. The monoisotopic (exact) mass is 295 g/mol. The Balaban J connectivity index is 2.12. The zero-order valence-corrected chi connectivity index (χ0v) is 12.6. The van der Waals surface area contributed by atoms with Gasteiger partial charge in [0, 0.05) is 4.88 Å². The van der Waals surface area contributed by atoms with Crippen LogP contribution in [0, 0.1) is 25.2 Å². The van der Waals surface area contributed by atoms with Crippen LogP contribution in [0.3, 0.4) is 0 Å². The van der Waals surface area contributed by atoms with Crippen molar-refractivity contribution >= 4 is 21.6 Å². The SMILES string of the molecule is Cc1cc2c(=O)n(Cc3cccc(C#N)c3)c(C)nc2s1. The number of hydrogen-bond acceptors (Lipinski definition) is 4. The van der Waals surface area contributed by atoms with Crippen molar-refractivity contribution in [2.75, 3.05) is 0 Å². The molecule has 0 unspecified atom stereocenters. The predicted molar refractivity (Wildman–Crippen MR) is 83.6 cm³/mol. The van der Waals surface area contributed by atoms with Gasteiger partial charge in [-0.05, 0) is 37.6 Å². The number of hydrogen-bond donors (Lipinski definition) is 0. The van der Waals surface area contributed by atoms with E-state index in [-0.39, 0.29) is 5.56 Å². The molecule has 0 saturated heterocycles. The van der Waals surface area contributed by atoms with Gasteiger partial charge in [-0.3, -0.25) is 9.36 Å². The number of aromatic nitrogens is 2. The highest BCUT2D eigenvalue weighted by molar-refractivity contribution is 7.18. The van der Waals surface area contributed by atoms with Crippen molar-refractivity contribution < 1.29 is 0 Å². The maximum atomic E-state index is 12.6. The number of rotatable bonds is 2. The number of nitriles is 1. The van der Waals surface area contributed by atoms with Crippen molar-refractivity contribution in [2.45, 2.75) is 20.4 Å². The molecule has 3 aromatic rings. The Labute approximate surface area is 125 Å². The smallest absolute Gasteiger partial charge is 0.262 e. The maximum absolute atomic E-state index is 12.6. The minimum absolute atomic E-state index is 0.0239. The van der Waals surface area contributed by atoms with Crippen LogP contribution in [0.15, 0.2) is 35.1 Å². The Morgan fingerprint density at radius 1 is 1.33 bits per heavy atom. The van der Waals surface area contributed by atoms with E-state index in [1.165, 1.54) is 11.3 Å². The molecule has 0 amide bonds. The van der Waals surface area contributed by atoms with Crippen LogP contribution in [0.4, 0.5) is 0 Å². The van der Waals surface area contributed by atoms with Crippen LogP contribution in [0.2, 0.25) is 0 Å². The number of benzene rings is 1. The average Bonchev–Trinajstić information content (AvgIpc) is 2.84. The summed E-state index contributed by atoms with van der Waals surface area (Å²) < 4.78 is 1.66. The van der Waals surface area contributed by atoms with Crippen LogP contribution in [0.25, 0.3) is 10.2 Å².